The van der Waals surface area contributed by atoms with Crippen LogP contribution in [0.2, 0.25) is 0 Å². The number of aromatic amines is 1. The summed E-state index contributed by atoms with van der Waals surface area (Å²) in [4.78, 5) is 18.4. The van der Waals surface area contributed by atoms with Gasteiger partial charge in [-0.25, -0.2) is 4.98 Å². The average Bonchev–Trinajstić information content (AvgIpc) is 2.57. The predicted molar refractivity (Wildman–Crippen MR) is 61.6 cm³/mol. The molecule has 0 bridgehead atoms. The summed E-state index contributed by atoms with van der Waals surface area (Å²) in [7, 11) is 0. The van der Waals surface area contributed by atoms with Crippen LogP contribution in [0.3, 0.4) is 0 Å². The third kappa shape index (κ3) is 1.88. The number of nitrogens with one attached hydrogen (secondary N) is 1. The minimum Gasteiger partial charge on any atom is -0.361 e. The summed E-state index contributed by atoms with van der Waals surface area (Å²) in [5.74, 6) is 0.669. The van der Waals surface area contributed by atoms with Gasteiger partial charge in [0.2, 0.25) is 0 Å². The van der Waals surface area contributed by atoms with Crippen LogP contribution in [0.1, 0.15) is 11.5 Å². The van der Waals surface area contributed by atoms with Crippen molar-refractivity contribution in [1.82, 2.24) is 15.1 Å². The van der Waals surface area contributed by atoms with Crippen molar-refractivity contribution in [2.75, 3.05) is 6.26 Å². The number of aromatic nitrogens is 3. The van der Waals surface area contributed by atoms with Gasteiger partial charge in [0.25, 0.3) is 5.56 Å². The van der Waals surface area contributed by atoms with Crippen LogP contribution in [0.15, 0.2) is 20.5 Å². The molecule has 0 spiro atoms. The molecule has 84 valence electrons. The van der Waals surface area contributed by atoms with Gasteiger partial charge in [0.1, 0.15) is 5.76 Å². The van der Waals surface area contributed by atoms with E-state index in [0.717, 1.165) is 11.3 Å². The van der Waals surface area contributed by atoms with E-state index in [2.05, 4.69) is 15.1 Å². The van der Waals surface area contributed by atoms with Crippen molar-refractivity contribution in [3.63, 3.8) is 0 Å². The molecule has 5 nitrogen and oxygen atoms in total. The van der Waals surface area contributed by atoms with Crippen molar-refractivity contribution in [2.24, 2.45) is 0 Å². The summed E-state index contributed by atoms with van der Waals surface area (Å²) >= 11 is 1.39. The first kappa shape index (κ1) is 10.9. The van der Waals surface area contributed by atoms with Crippen LogP contribution < -0.4 is 5.56 Å². The highest BCUT2D eigenvalue weighted by Crippen LogP contribution is 2.24. The quantitative estimate of drug-likeness (QED) is 0.636. The van der Waals surface area contributed by atoms with Gasteiger partial charge in [-0.2, -0.15) is 0 Å². The second kappa shape index (κ2) is 4.13. The molecule has 0 saturated carbocycles. The van der Waals surface area contributed by atoms with E-state index < -0.39 is 0 Å². The summed E-state index contributed by atoms with van der Waals surface area (Å²) < 4.78 is 5.05. The van der Waals surface area contributed by atoms with Gasteiger partial charge < -0.3 is 9.51 Å². The minimum absolute atomic E-state index is 0.172. The van der Waals surface area contributed by atoms with E-state index in [9.17, 15) is 4.79 Å². The molecule has 2 rings (SSSR count). The molecule has 0 aliphatic carbocycles. The summed E-state index contributed by atoms with van der Waals surface area (Å²) in [6.07, 6.45) is 1.86. The maximum atomic E-state index is 11.4. The largest absolute Gasteiger partial charge is 0.361 e. The van der Waals surface area contributed by atoms with Crippen molar-refractivity contribution >= 4 is 11.8 Å². The molecule has 0 aliphatic heterocycles. The molecule has 0 radical (unpaired) electrons. The van der Waals surface area contributed by atoms with Crippen LogP contribution in [-0.2, 0) is 0 Å². The molecule has 0 aromatic carbocycles. The SMILES string of the molecule is CSc1nc(-c2c(C)noc2C)cc(=O)[nH]1. The number of aryl methyl sites for hydroxylation is 2. The number of hydrogen-bond acceptors (Lipinski definition) is 5. The second-order valence-corrected chi connectivity index (χ2v) is 4.13. The Morgan fingerprint density at radius 1 is 1.44 bits per heavy atom. The lowest BCUT2D eigenvalue weighted by molar-refractivity contribution is 0.393. The Kier molecular flexibility index (Phi) is 2.82. The maximum Gasteiger partial charge on any atom is 0.252 e. The van der Waals surface area contributed by atoms with Crippen LogP contribution in [0.4, 0.5) is 0 Å². The Hall–Kier alpha value is -1.56. The van der Waals surface area contributed by atoms with E-state index in [1.54, 1.807) is 6.92 Å². The molecule has 1 N–H and O–H groups in total. The van der Waals surface area contributed by atoms with E-state index in [4.69, 9.17) is 4.52 Å². The number of rotatable bonds is 2. The lowest BCUT2D eigenvalue weighted by atomic mass is 10.1. The van der Waals surface area contributed by atoms with Crippen molar-refractivity contribution in [2.45, 2.75) is 19.0 Å². The Balaban J connectivity index is 2.64. The average molecular weight is 237 g/mol. The van der Waals surface area contributed by atoms with Gasteiger partial charge >= 0.3 is 0 Å². The molecule has 16 heavy (non-hydrogen) atoms. The van der Waals surface area contributed by atoms with Crippen molar-refractivity contribution < 1.29 is 4.52 Å². The Morgan fingerprint density at radius 3 is 2.75 bits per heavy atom. The number of nitrogens with zero attached hydrogens (tertiary/aromatic N) is 2. The van der Waals surface area contributed by atoms with Gasteiger partial charge in [0.05, 0.1) is 17.0 Å². The molecule has 0 fully saturated rings. The number of hydrogen-bond donors (Lipinski definition) is 1. The molecule has 2 heterocycles. The predicted octanol–water partition coefficient (Wildman–Crippen LogP) is 1.76. The summed E-state index contributed by atoms with van der Waals surface area (Å²) in [6.45, 7) is 3.63. The molecular weight excluding hydrogens is 226 g/mol. The molecule has 2 aromatic heterocycles. The van der Waals surface area contributed by atoms with Gasteiger partial charge in [0.15, 0.2) is 5.16 Å². The molecule has 2 aromatic rings. The zero-order valence-corrected chi connectivity index (χ0v) is 10.0. The van der Waals surface area contributed by atoms with Crippen molar-refractivity contribution in [1.29, 1.82) is 0 Å². The number of H-pyrrole nitrogens is 1. The molecule has 0 unspecified atom stereocenters. The van der Waals surface area contributed by atoms with E-state index >= 15 is 0 Å². The maximum absolute atomic E-state index is 11.4. The summed E-state index contributed by atoms with van der Waals surface area (Å²) in [5.41, 5.74) is 1.96. The van der Waals surface area contributed by atoms with Crippen molar-refractivity contribution in [3.05, 3.63) is 27.9 Å². The molecule has 0 atom stereocenters. The Morgan fingerprint density at radius 2 is 2.19 bits per heavy atom. The zero-order valence-electron chi connectivity index (χ0n) is 9.20. The Labute approximate surface area is 96.3 Å². The molecule has 0 aliphatic rings. The summed E-state index contributed by atoms with van der Waals surface area (Å²) in [5, 5.41) is 4.43. The van der Waals surface area contributed by atoms with E-state index in [-0.39, 0.29) is 5.56 Å². The smallest absolute Gasteiger partial charge is 0.252 e. The molecule has 0 saturated heterocycles. The van der Waals surface area contributed by atoms with Crippen LogP contribution in [0.5, 0.6) is 0 Å². The van der Waals surface area contributed by atoms with E-state index in [0.29, 0.717) is 16.6 Å². The highest BCUT2D eigenvalue weighted by molar-refractivity contribution is 7.98. The first-order chi connectivity index (χ1) is 7.61. The van der Waals surface area contributed by atoms with Gasteiger partial charge in [-0.05, 0) is 20.1 Å². The first-order valence-electron chi connectivity index (χ1n) is 4.70. The third-order valence-electron chi connectivity index (χ3n) is 2.20. The standard InChI is InChI=1S/C10H11N3O2S/c1-5-9(6(2)15-13-5)7-4-8(14)12-10(11-7)16-3/h4H,1-3H3,(H,11,12,14). The minimum atomic E-state index is -0.172. The topological polar surface area (TPSA) is 71.8 Å². The van der Waals surface area contributed by atoms with Gasteiger partial charge in [-0.15, -0.1) is 0 Å². The number of thioether (sulfide) groups is 1. The van der Waals surface area contributed by atoms with Gasteiger partial charge in [-0.1, -0.05) is 16.9 Å². The van der Waals surface area contributed by atoms with Gasteiger partial charge in [0, 0.05) is 6.07 Å². The molecule has 0 amide bonds. The second-order valence-electron chi connectivity index (χ2n) is 3.34. The van der Waals surface area contributed by atoms with Crippen LogP contribution in [0, 0.1) is 13.8 Å². The van der Waals surface area contributed by atoms with Crippen LogP contribution in [0.25, 0.3) is 11.3 Å². The Bertz CT molecular complexity index is 554. The summed E-state index contributed by atoms with van der Waals surface area (Å²) in [6, 6.07) is 1.45. The van der Waals surface area contributed by atoms with Gasteiger partial charge in [-0.3, -0.25) is 4.79 Å². The van der Waals surface area contributed by atoms with Crippen molar-refractivity contribution in [3.8, 4) is 11.3 Å². The normalized spacial score (nSPS) is 10.7. The highest BCUT2D eigenvalue weighted by Gasteiger charge is 2.14. The van der Waals surface area contributed by atoms with Crippen LogP contribution >= 0.6 is 11.8 Å². The highest BCUT2D eigenvalue weighted by atomic mass is 32.2. The third-order valence-corrected chi connectivity index (χ3v) is 2.78. The van der Waals surface area contributed by atoms with E-state index in [1.165, 1.54) is 17.8 Å². The zero-order chi connectivity index (χ0) is 11.7. The monoisotopic (exact) mass is 237 g/mol. The van der Waals surface area contributed by atoms with E-state index in [1.807, 2.05) is 13.2 Å². The molecule has 6 heteroatoms. The lowest BCUT2D eigenvalue weighted by Gasteiger charge is -2.01. The lowest BCUT2D eigenvalue weighted by Crippen LogP contribution is -2.08. The fourth-order valence-electron chi connectivity index (χ4n) is 1.51. The fourth-order valence-corrected chi connectivity index (χ4v) is 1.90. The van der Waals surface area contributed by atoms with Crippen LogP contribution in [-0.4, -0.2) is 21.4 Å². The fraction of sp³-hybridized carbons (Fsp3) is 0.300. The molecular formula is C10H11N3O2S. The first-order valence-corrected chi connectivity index (χ1v) is 5.93.